The molecule has 0 amide bonds. The molecule has 1 aliphatic heterocycles. The van der Waals surface area contributed by atoms with E-state index in [0.29, 0.717) is 0 Å². The van der Waals surface area contributed by atoms with Gasteiger partial charge in [0.1, 0.15) is 0 Å². The van der Waals surface area contributed by atoms with Crippen LogP contribution in [0.4, 0.5) is 0 Å². The predicted octanol–water partition coefficient (Wildman–Crippen LogP) is 1.80. The Balaban J connectivity index is 2.52. The van der Waals surface area contributed by atoms with E-state index in [9.17, 15) is 0 Å². The first-order valence-corrected chi connectivity index (χ1v) is 4.50. The normalized spacial score (nSPS) is 20.5. The van der Waals surface area contributed by atoms with Gasteiger partial charge < -0.3 is 9.64 Å². The van der Waals surface area contributed by atoms with Gasteiger partial charge >= 0.3 is 0 Å². The maximum atomic E-state index is 5.28. The second-order valence-electron chi connectivity index (χ2n) is 2.81. The molecule has 0 spiro atoms. The van der Waals surface area contributed by atoms with Gasteiger partial charge in [-0.2, -0.15) is 0 Å². The SMILES string of the molecule is C/C=C\C(=C/C)N1CCOCC1. The highest BCUT2D eigenvalue weighted by Gasteiger charge is 2.10. The molecule has 1 heterocycles. The van der Waals surface area contributed by atoms with Crippen molar-refractivity contribution >= 4 is 0 Å². The first-order valence-electron chi connectivity index (χ1n) is 4.50. The van der Waals surface area contributed by atoms with Crippen LogP contribution in [0.2, 0.25) is 0 Å². The van der Waals surface area contributed by atoms with Crippen molar-refractivity contribution in [2.24, 2.45) is 0 Å². The fourth-order valence-electron chi connectivity index (χ4n) is 1.38. The molecule has 0 aromatic rings. The molecule has 0 radical (unpaired) electrons. The standard InChI is InChI=1S/C10H17NO/c1-3-5-10(4-2)11-6-8-12-9-7-11/h3-5H,6-9H2,1-2H3/b5-3-,10-4+. The second-order valence-corrected chi connectivity index (χ2v) is 2.81. The summed E-state index contributed by atoms with van der Waals surface area (Å²) in [5.41, 5.74) is 1.31. The summed E-state index contributed by atoms with van der Waals surface area (Å²) in [5.74, 6) is 0. The molecule has 0 bridgehead atoms. The molecule has 0 N–H and O–H groups in total. The monoisotopic (exact) mass is 167 g/mol. The number of allylic oxidation sites excluding steroid dienone is 3. The van der Waals surface area contributed by atoms with E-state index < -0.39 is 0 Å². The largest absolute Gasteiger partial charge is 0.378 e. The summed E-state index contributed by atoms with van der Waals surface area (Å²) >= 11 is 0. The van der Waals surface area contributed by atoms with Gasteiger partial charge in [0.25, 0.3) is 0 Å². The fraction of sp³-hybridized carbons (Fsp3) is 0.600. The molecule has 0 atom stereocenters. The minimum absolute atomic E-state index is 0.856. The molecule has 0 aromatic heterocycles. The number of morpholine rings is 1. The summed E-state index contributed by atoms with van der Waals surface area (Å²) < 4.78 is 5.28. The van der Waals surface area contributed by atoms with Crippen molar-refractivity contribution in [3.8, 4) is 0 Å². The zero-order chi connectivity index (χ0) is 8.81. The third-order valence-corrected chi connectivity index (χ3v) is 2.01. The van der Waals surface area contributed by atoms with E-state index in [1.165, 1.54) is 5.70 Å². The highest BCUT2D eigenvalue weighted by atomic mass is 16.5. The minimum Gasteiger partial charge on any atom is -0.378 e. The average Bonchev–Trinajstić information content (AvgIpc) is 2.15. The quantitative estimate of drug-likeness (QED) is 0.581. The molecule has 1 fully saturated rings. The number of rotatable bonds is 2. The van der Waals surface area contributed by atoms with E-state index in [1.807, 2.05) is 6.92 Å². The Morgan fingerprint density at radius 2 is 1.92 bits per heavy atom. The molecule has 0 aliphatic carbocycles. The van der Waals surface area contributed by atoms with Crippen molar-refractivity contribution in [2.45, 2.75) is 13.8 Å². The van der Waals surface area contributed by atoms with Gasteiger partial charge in [0.2, 0.25) is 0 Å². The van der Waals surface area contributed by atoms with Crippen molar-refractivity contribution in [1.29, 1.82) is 0 Å². The van der Waals surface area contributed by atoms with E-state index in [4.69, 9.17) is 4.74 Å². The Labute approximate surface area is 74.5 Å². The van der Waals surface area contributed by atoms with E-state index >= 15 is 0 Å². The molecule has 2 heteroatoms. The van der Waals surface area contributed by atoms with Crippen LogP contribution in [0.25, 0.3) is 0 Å². The zero-order valence-corrected chi connectivity index (χ0v) is 7.92. The maximum absolute atomic E-state index is 5.28. The van der Waals surface area contributed by atoms with Gasteiger partial charge in [-0.15, -0.1) is 0 Å². The molecule has 0 unspecified atom stereocenters. The van der Waals surface area contributed by atoms with Crippen molar-refractivity contribution in [1.82, 2.24) is 4.90 Å². The summed E-state index contributed by atoms with van der Waals surface area (Å²) in [6.07, 6.45) is 6.36. The number of ether oxygens (including phenoxy) is 1. The number of nitrogens with zero attached hydrogens (tertiary/aromatic N) is 1. The molecular formula is C10H17NO. The van der Waals surface area contributed by atoms with E-state index in [-0.39, 0.29) is 0 Å². The van der Waals surface area contributed by atoms with Gasteiger partial charge in [-0.05, 0) is 19.9 Å². The lowest BCUT2D eigenvalue weighted by atomic mass is 10.3. The Morgan fingerprint density at radius 3 is 2.42 bits per heavy atom. The van der Waals surface area contributed by atoms with E-state index in [1.54, 1.807) is 0 Å². The van der Waals surface area contributed by atoms with Gasteiger partial charge in [0.05, 0.1) is 13.2 Å². The number of hydrogen-bond donors (Lipinski definition) is 0. The highest BCUT2D eigenvalue weighted by Crippen LogP contribution is 2.08. The van der Waals surface area contributed by atoms with Crippen LogP contribution in [0, 0.1) is 0 Å². The smallest absolute Gasteiger partial charge is 0.0642 e. The molecule has 12 heavy (non-hydrogen) atoms. The van der Waals surface area contributed by atoms with Crippen LogP contribution in [0.15, 0.2) is 23.9 Å². The van der Waals surface area contributed by atoms with Crippen LogP contribution in [0.1, 0.15) is 13.8 Å². The third-order valence-electron chi connectivity index (χ3n) is 2.01. The van der Waals surface area contributed by atoms with Gasteiger partial charge in [0, 0.05) is 18.8 Å². The molecular weight excluding hydrogens is 150 g/mol. The van der Waals surface area contributed by atoms with Crippen LogP contribution in [-0.2, 0) is 4.74 Å². The Hall–Kier alpha value is -0.760. The topological polar surface area (TPSA) is 12.5 Å². The highest BCUT2D eigenvalue weighted by molar-refractivity contribution is 5.16. The first-order chi connectivity index (χ1) is 5.88. The van der Waals surface area contributed by atoms with Crippen LogP contribution in [0.3, 0.4) is 0 Å². The molecule has 68 valence electrons. The van der Waals surface area contributed by atoms with E-state index in [2.05, 4.69) is 30.1 Å². The molecule has 0 aromatic carbocycles. The summed E-state index contributed by atoms with van der Waals surface area (Å²) in [6, 6.07) is 0. The lowest BCUT2D eigenvalue weighted by Gasteiger charge is -2.29. The molecule has 0 saturated carbocycles. The molecule has 1 rings (SSSR count). The molecule has 1 aliphatic rings. The Morgan fingerprint density at radius 1 is 1.25 bits per heavy atom. The van der Waals surface area contributed by atoms with Gasteiger partial charge in [-0.1, -0.05) is 12.2 Å². The fourth-order valence-corrected chi connectivity index (χ4v) is 1.38. The molecule has 1 saturated heterocycles. The van der Waals surface area contributed by atoms with Crippen LogP contribution < -0.4 is 0 Å². The van der Waals surface area contributed by atoms with Crippen LogP contribution >= 0.6 is 0 Å². The van der Waals surface area contributed by atoms with Crippen LogP contribution in [-0.4, -0.2) is 31.2 Å². The summed E-state index contributed by atoms with van der Waals surface area (Å²) in [5, 5.41) is 0. The van der Waals surface area contributed by atoms with Gasteiger partial charge in [-0.3, -0.25) is 0 Å². The zero-order valence-electron chi connectivity index (χ0n) is 7.92. The van der Waals surface area contributed by atoms with Crippen molar-refractivity contribution in [2.75, 3.05) is 26.3 Å². The molecule has 2 nitrogen and oxygen atoms in total. The second kappa shape index (κ2) is 4.99. The van der Waals surface area contributed by atoms with Crippen molar-refractivity contribution in [3.05, 3.63) is 23.9 Å². The number of hydrogen-bond acceptors (Lipinski definition) is 2. The third kappa shape index (κ3) is 2.38. The summed E-state index contributed by atoms with van der Waals surface area (Å²) in [4.78, 5) is 2.35. The lowest BCUT2D eigenvalue weighted by molar-refractivity contribution is 0.0553. The summed E-state index contributed by atoms with van der Waals surface area (Å²) in [6.45, 7) is 7.87. The van der Waals surface area contributed by atoms with Crippen LogP contribution in [0.5, 0.6) is 0 Å². The van der Waals surface area contributed by atoms with Crippen molar-refractivity contribution in [3.63, 3.8) is 0 Å². The maximum Gasteiger partial charge on any atom is 0.0642 e. The first kappa shape index (κ1) is 9.33. The minimum atomic E-state index is 0.856. The summed E-state index contributed by atoms with van der Waals surface area (Å²) in [7, 11) is 0. The Bertz CT molecular complexity index is 178. The average molecular weight is 167 g/mol. The lowest BCUT2D eigenvalue weighted by Crippen LogP contribution is -2.35. The van der Waals surface area contributed by atoms with Crippen molar-refractivity contribution < 1.29 is 4.74 Å². The van der Waals surface area contributed by atoms with E-state index in [0.717, 1.165) is 26.3 Å². The van der Waals surface area contributed by atoms with Gasteiger partial charge in [-0.25, -0.2) is 0 Å². The predicted molar refractivity (Wildman–Crippen MR) is 51.0 cm³/mol. The van der Waals surface area contributed by atoms with Gasteiger partial charge in [0.15, 0.2) is 0 Å². The Kier molecular flexibility index (Phi) is 3.88.